The zero-order valence-electron chi connectivity index (χ0n) is 19.3. The van der Waals surface area contributed by atoms with Gasteiger partial charge in [-0.25, -0.2) is 0 Å². The van der Waals surface area contributed by atoms with Crippen LogP contribution in [0.2, 0.25) is 10.0 Å². The van der Waals surface area contributed by atoms with Gasteiger partial charge in [0.25, 0.3) is 5.91 Å². The number of benzene rings is 3. The summed E-state index contributed by atoms with van der Waals surface area (Å²) >= 11 is 12.1. The predicted octanol–water partition coefficient (Wildman–Crippen LogP) is 5.15. The number of ether oxygens (including phenoxy) is 2. The van der Waals surface area contributed by atoms with Gasteiger partial charge in [-0.3, -0.25) is 19.3 Å². The van der Waals surface area contributed by atoms with Crippen LogP contribution in [-0.2, 0) is 14.4 Å². The third-order valence-corrected chi connectivity index (χ3v) is 5.91. The molecule has 186 valence electrons. The Hall–Kier alpha value is -3.75. The van der Waals surface area contributed by atoms with Crippen LogP contribution >= 0.6 is 23.2 Å². The number of fused-ring (bicyclic) bond motifs is 1. The van der Waals surface area contributed by atoms with E-state index >= 15 is 0 Å². The molecular formula is C26H23Cl2N3O5. The first-order chi connectivity index (χ1) is 17.4. The molecule has 1 aliphatic heterocycles. The highest BCUT2D eigenvalue weighted by molar-refractivity contribution is 6.35. The fourth-order valence-electron chi connectivity index (χ4n) is 3.77. The number of rotatable bonds is 8. The lowest BCUT2D eigenvalue weighted by atomic mass is 10.0. The number of anilines is 3. The van der Waals surface area contributed by atoms with E-state index in [1.807, 2.05) is 6.92 Å². The highest BCUT2D eigenvalue weighted by Gasteiger charge is 2.38. The molecule has 0 aromatic heterocycles. The molecular weight excluding hydrogens is 505 g/mol. The summed E-state index contributed by atoms with van der Waals surface area (Å²) in [5.74, 6) is -0.473. The first-order valence-electron chi connectivity index (χ1n) is 11.2. The predicted molar refractivity (Wildman–Crippen MR) is 139 cm³/mol. The maximum absolute atomic E-state index is 13.3. The second-order valence-electron chi connectivity index (χ2n) is 7.86. The van der Waals surface area contributed by atoms with Crippen LogP contribution < -0.4 is 25.0 Å². The highest BCUT2D eigenvalue weighted by atomic mass is 35.5. The molecule has 0 radical (unpaired) electrons. The SMILES string of the molecule is CCOc1ccc(NC(=O)CC2C(=O)Nc3ccccc3N2C(=O)COc2ccc(Cl)cc2Cl)cc1. The summed E-state index contributed by atoms with van der Waals surface area (Å²) in [6.45, 7) is 2.01. The van der Waals surface area contributed by atoms with E-state index in [0.717, 1.165) is 0 Å². The fraction of sp³-hybridized carbons (Fsp3) is 0.192. The van der Waals surface area contributed by atoms with Crippen LogP contribution in [0.5, 0.6) is 11.5 Å². The van der Waals surface area contributed by atoms with Crippen LogP contribution in [0.1, 0.15) is 13.3 Å². The normalized spacial score (nSPS) is 14.5. The molecule has 1 heterocycles. The van der Waals surface area contributed by atoms with Crippen molar-refractivity contribution in [3.05, 3.63) is 76.8 Å². The van der Waals surface area contributed by atoms with Crippen LogP contribution in [0, 0.1) is 0 Å². The van der Waals surface area contributed by atoms with Gasteiger partial charge in [0.05, 0.1) is 29.4 Å². The molecule has 36 heavy (non-hydrogen) atoms. The van der Waals surface area contributed by atoms with E-state index in [1.165, 1.54) is 11.0 Å². The Bertz CT molecular complexity index is 1280. The number of amides is 3. The highest BCUT2D eigenvalue weighted by Crippen LogP contribution is 2.34. The Morgan fingerprint density at radius 3 is 2.50 bits per heavy atom. The van der Waals surface area contributed by atoms with Crippen molar-refractivity contribution in [1.29, 1.82) is 0 Å². The molecule has 0 saturated carbocycles. The molecule has 8 nitrogen and oxygen atoms in total. The van der Waals surface area contributed by atoms with Gasteiger partial charge >= 0.3 is 0 Å². The minimum atomic E-state index is -1.08. The first kappa shape index (κ1) is 25.3. The van der Waals surface area contributed by atoms with Crippen molar-refractivity contribution in [2.45, 2.75) is 19.4 Å². The summed E-state index contributed by atoms with van der Waals surface area (Å²) < 4.78 is 11.0. The summed E-state index contributed by atoms with van der Waals surface area (Å²) in [7, 11) is 0. The third-order valence-electron chi connectivity index (χ3n) is 5.38. The Morgan fingerprint density at radius 1 is 1.03 bits per heavy atom. The maximum atomic E-state index is 13.3. The van der Waals surface area contributed by atoms with Gasteiger partial charge < -0.3 is 20.1 Å². The van der Waals surface area contributed by atoms with Crippen molar-refractivity contribution < 1.29 is 23.9 Å². The second kappa shape index (κ2) is 11.3. The van der Waals surface area contributed by atoms with E-state index in [-0.39, 0.29) is 17.2 Å². The molecule has 0 aliphatic carbocycles. The molecule has 0 fully saturated rings. The topological polar surface area (TPSA) is 97.0 Å². The molecule has 3 aromatic carbocycles. The molecule has 4 rings (SSSR count). The number of hydrogen-bond donors (Lipinski definition) is 2. The van der Waals surface area contributed by atoms with E-state index in [4.69, 9.17) is 32.7 Å². The third kappa shape index (κ3) is 5.90. The van der Waals surface area contributed by atoms with Crippen LogP contribution in [0.3, 0.4) is 0 Å². The van der Waals surface area contributed by atoms with Crippen molar-refractivity contribution in [3.8, 4) is 11.5 Å². The van der Waals surface area contributed by atoms with Crippen molar-refractivity contribution >= 4 is 58.0 Å². The van der Waals surface area contributed by atoms with Gasteiger partial charge in [0, 0.05) is 10.7 Å². The van der Waals surface area contributed by atoms with Gasteiger partial charge in [-0.05, 0) is 61.5 Å². The van der Waals surface area contributed by atoms with Crippen LogP contribution in [0.15, 0.2) is 66.7 Å². The van der Waals surface area contributed by atoms with E-state index in [9.17, 15) is 14.4 Å². The number of halogens is 2. The Morgan fingerprint density at radius 2 is 1.78 bits per heavy atom. The van der Waals surface area contributed by atoms with Gasteiger partial charge in [-0.1, -0.05) is 35.3 Å². The molecule has 1 aliphatic rings. The molecule has 2 N–H and O–H groups in total. The molecule has 0 spiro atoms. The van der Waals surface area contributed by atoms with Crippen molar-refractivity contribution in [1.82, 2.24) is 0 Å². The zero-order valence-corrected chi connectivity index (χ0v) is 20.8. The summed E-state index contributed by atoms with van der Waals surface area (Å²) in [6, 6.07) is 17.3. The lowest BCUT2D eigenvalue weighted by Crippen LogP contribution is -2.53. The number of nitrogens with zero attached hydrogens (tertiary/aromatic N) is 1. The van der Waals surface area contributed by atoms with E-state index in [2.05, 4.69) is 10.6 Å². The molecule has 3 amide bonds. The molecule has 10 heteroatoms. The Kier molecular flexibility index (Phi) is 7.97. The summed E-state index contributed by atoms with van der Waals surface area (Å²) in [6.07, 6.45) is -0.263. The fourth-order valence-corrected chi connectivity index (χ4v) is 4.24. The van der Waals surface area contributed by atoms with Crippen LogP contribution in [0.25, 0.3) is 0 Å². The number of carbonyl (C=O) groups is 3. The summed E-state index contributed by atoms with van der Waals surface area (Å²) in [5.41, 5.74) is 1.47. The van der Waals surface area contributed by atoms with Gasteiger partial charge in [-0.15, -0.1) is 0 Å². The largest absolute Gasteiger partial charge is 0.494 e. The lowest BCUT2D eigenvalue weighted by molar-refractivity contribution is -0.127. The van der Waals surface area contributed by atoms with E-state index in [0.29, 0.717) is 34.4 Å². The minimum absolute atomic E-state index is 0.248. The first-order valence-corrected chi connectivity index (χ1v) is 11.9. The lowest BCUT2D eigenvalue weighted by Gasteiger charge is -2.36. The average Bonchev–Trinajstić information content (AvgIpc) is 2.85. The Labute approximate surface area is 218 Å². The molecule has 3 aromatic rings. The van der Waals surface area contributed by atoms with Crippen LogP contribution in [0.4, 0.5) is 17.1 Å². The summed E-state index contributed by atoms with van der Waals surface area (Å²) in [5, 5.41) is 6.21. The number of hydrogen-bond acceptors (Lipinski definition) is 5. The average molecular weight is 528 g/mol. The maximum Gasteiger partial charge on any atom is 0.265 e. The van der Waals surface area contributed by atoms with Gasteiger partial charge in [0.15, 0.2) is 6.61 Å². The van der Waals surface area contributed by atoms with Crippen molar-refractivity contribution in [2.24, 2.45) is 0 Å². The standard InChI is InChI=1S/C26H23Cl2N3O5/c1-2-35-18-10-8-17(9-11-18)29-24(32)14-22-26(34)30-20-5-3-4-6-21(20)31(22)25(33)15-36-23-12-7-16(27)13-19(23)28/h3-13,22H,2,14-15H2,1H3,(H,29,32)(H,30,34). The minimum Gasteiger partial charge on any atom is -0.494 e. The number of para-hydroxylation sites is 2. The van der Waals surface area contributed by atoms with Gasteiger partial charge in [-0.2, -0.15) is 0 Å². The number of carbonyl (C=O) groups excluding carboxylic acids is 3. The monoisotopic (exact) mass is 527 g/mol. The van der Waals surface area contributed by atoms with E-state index < -0.39 is 30.4 Å². The molecule has 0 saturated heterocycles. The smallest absolute Gasteiger partial charge is 0.265 e. The van der Waals surface area contributed by atoms with Crippen molar-refractivity contribution in [3.63, 3.8) is 0 Å². The second-order valence-corrected chi connectivity index (χ2v) is 8.70. The van der Waals surface area contributed by atoms with Crippen LogP contribution in [-0.4, -0.2) is 37.0 Å². The quantitative estimate of drug-likeness (QED) is 0.422. The van der Waals surface area contributed by atoms with Gasteiger partial charge in [0.2, 0.25) is 11.8 Å². The summed E-state index contributed by atoms with van der Waals surface area (Å²) in [4.78, 5) is 40.4. The molecule has 1 unspecified atom stereocenters. The molecule has 1 atom stereocenters. The van der Waals surface area contributed by atoms with Gasteiger partial charge in [0.1, 0.15) is 17.5 Å². The zero-order chi connectivity index (χ0) is 25.7. The van der Waals surface area contributed by atoms with Crippen molar-refractivity contribution in [2.75, 3.05) is 28.7 Å². The molecule has 0 bridgehead atoms. The number of nitrogens with one attached hydrogen (secondary N) is 2. The van der Waals surface area contributed by atoms with E-state index in [1.54, 1.807) is 60.7 Å². The Balaban J connectivity index is 1.52.